The number of anilines is 1. The van der Waals surface area contributed by atoms with Crippen LogP contribution in [0.1, 0.15) is 54.7 Å². The van der Waals surface area contributed by atoms with Crippen molar-refractivity contribution in [3.05, 3.63) is 29.6 Å². The van der Waals surface area contributed by atoms with Gasteiger partial charge in [-0.05, 0) is 38.3 Å². The van der Waals surface area contributed by atoms with Crippen LogP contribution in [0.3, 0.4) is 0 Å². The molecule has 7 nitrogen and oxygen atoms in total. The third-order valence-corrected chi connectivity index (χ3v) is 5.82. The summed E-state index contributed by atoms with van der Waals surface area (Å²) in [7, 11) is 0. The van der Waals surface area contributed by atoms with Gasteiger partial charge >= 0.3 is 6.18 Å². The number of alkyl halides is 3. The topological polar surface area (TPSA) is 91.3 Å². The van der Waals surface area contributed by atoms with E-state index in [1.807, 2.05) is 24.4 Å². The Morgan fingerprint density at radius 2 is 1.76 bits per heavy atom. The maximum Gasteiger partial charge on any atom is 0.405 e. The summed E-state index contributed by atoms with van der Waals surface area (Å²) in [6, 6.07) is 5.73. The molecular formula is C22H29Cl2F3N6O. The van der Waals surface area contributed by atoms with E-state index in [-0.39, 0.29) is 42.7 Å². The Labute approximate surface area is 208 Å². The summed E-state index contributed by atoms with van der Waals surface area (Å²) >= 11 is 0. The highest BCUT2D eigenvalue weighted by atomic mass is 35.5. The van der Waals surface area contributed by atoms with Crippen molar-refractivity contribution in [3.8, 4) is 0 Å². The Morgan fingerprint density at radius 1 is 1.06 bits per heavy atom. The molecular weight excluding hydrogens is 492 g/mol. The number of fused-ring (bicyclic) bond motifs is 1. The number of aromatic nitrogens is 2. The van der Waals surface area contributed by atoms with Gasteiger partial charge in [0, 0.05) is 30.4 Å². The second-order valence-corrected chi connectivity index (χ2v) is 8.43. The molecule has 1 aromatic heterocycles. The number of rotatable bonds is 5. The second-order valence-electron chi connectivity index (χ2n) is 8.43. The largest absolute Gasteiger partial charge is 0.405 e. The van der Waals surface area contributed by atoms with E-state index in [9.17, 15) is 18.0 Å². The van der Waals surface area contributed by atoms with Crippen molar-refractivity contribution in [2.24, 2.45) is 4.99 Å². The molecule has 1 saturated carbocycles. The molecule has 2 aromatic rings. The first kappa shape index (κ1) is 27.9. The molecule has 0 bridgehead atoms. The molecule has 12 heteroatoms. The molecule has 2 aliphatic rings. The molecule has 0 spiro atoms. The van der Waals surface area contributed by atoms with Crippen LogP contribution < -0.4 is 16.0 Å². The predicted molar refractivity (Wildman–Crippen MR) is 131 cm³/mol. The quantitative estimate of drug-likeness (QED) is 0.536. The zero-order chi connectivity index (χ0) is 22.7. The van der Waals surface area contributed by atoms with Crippen molar-refractivity contribution in [3.63, 3.8) is 0 Å². The summed E-state index contributed by atoms with van der Waals surface area (Å²) in [6.07, 6.45) is 1.56. The van der Waals surface area contributed by atoms with Crippen LogP contribution in [0.15, 0.2) is 23.2 Å². The Bertz CT molecular complexity index is 1030. The van der Waals surface area contributed by atoms with Crippen LogP contribution in [0.5, 0.6) is 0 Å². The highest BCUT2D eigenvalue weighted by Crippen LogP contribution is 2.27. The van der Waals surface area contributed by atoms with Gasteiger partial charge in [0.1, 0.15) is 12.4 Å². The highest BCUT2D eigenvalue weighted by Gasteiger charge is 2.30. The van der Waals surface area contributed by atoms with Crippen molar-refractivity contribution in [1.29, 1.82) is 0 Å². The predicted octanol–water partition coefficient (Wildman–Crippen LogP) is 4.58. The summed E-state index contributed by atoms with van der Waals surface area (Å²) in [4.78, 5) is 25.4. The van der Waals surface area contributed by atoms with E-state index in [1.165, 1.54) is 0 Å². The number of carbonyl (C=O) groups excluding carboxylic acids is 1. The molecule has 0 unspecified atom stereocenters. The molecule has 1 aliphatic carbocycles. The third kappa shape index (κ3) is 7.09. The van der Waals surface area contributed by atoms with E-state index in [2.05, 4.69) is 25.6 Å². The van der Waals surface area contributed by atoms with Crippen molar-refractivity contribution in [2.75, 3.05) is 18.4 Å². The number of halogens is 5. The van der Waals surface area contributed by atoms with E-state index in [4.69, 9.17) is 0 Å². The lowest BCUT2D eigenvalue weighted by atomic mass is 9.90. The fraction of sp³-hybridized carbons (Fsp3) is 0.545. The normalized spacial score (nSPS) is 20.1. The van der Waals surface area contributed by atoms with E-state index >= 15 is 0 Å². The molecule has 1 aliphatic heterocycles. The number of amides is 1. The first-order valence-corrected chi connectivity index (χ1v) is 11.0. The van der Waals surface area contributed by atoms with Crippen LogP contribution in [-0.2, 0) is 0 Å². The summed E-state index contributed by atoms with van der Waals surface area (Å²) < 4.78 is 37.6. The number of aryl methyl sites for hydroxylation is 1. The van der Waals surface area contributed by atoms with Crippen molar-refractivity contribution in [2.45, 2.75) is 63.7 Å². The van der Waals surface area contributed by atoms with Crippen LogP contribution in [-0.4, -0.2) is 53.1 Å². The van der Waals surface area contributed by atoms with Gasteiger partial charge < -0.3 is 16.0 Å². The van der Waals surface area contributed by atoms with Crippen molar-refractivity contribution >= 4 is 53.3 Å². The molecule has 3 N–H and O–H groups in total. The van der Waals surface area contributed by atoms with Crippen LogP contribution in [0, 0.1) is 6.92 Å². The molecule has 2 heterocycles. The van der Waals surface area contributed by atoms with Gasteiger partial charge in [0.05, 0.1) is 11.4 Å². The third-order valence-electron chi connectivity index (χ3n) is 5.82. The van der Waals surface area contributed by atoms with Gasteiger partial charge in [0.2, 0.25) is 5.82 Å². The standard InChI is InChI=1S/C22H27F3N6O.2ClH/c1-13-8-9-15-14(11-13)19(31-20(29-15)21(32)27-12-22(23,24)25)30-17-6-3-2-5-16(17)28-18-7-4-10-26-18;;/h8-9,11,16-17H,2-7,10,12H2,1H3,(H,26,28)(H,27,32)(H,29,30,31);2*1H/t16-,17+;;/m1../s1. The Balaban J connectivity index is 0.00000204. The molecule has 1 amide bonds. The van der Waals surface area contributed by atoms with Gasteiger partial charge in [-0.1, -0.05) is 24.5 Å². The van der Waals surface area contributed by atoms with E-state index < -0.39 is 18.6 Å². The Kier molecular flexibility index (Phi) is 9.75. The van der Waals surface area contributed by atoms with Crippen LogP contribution in [0.2, 0.25) is 0 Å². The SMILES string of the molecule is Cc1ccc2nc(C(=O)NCC(F)(F)F)nc(N[C@H]3CCCC[C@H]3NC3=NCCC3)c2c1.Cl.Cl. The summed E-state index contributed by atoms with van der Waals surface area (Å²) in [5.41, 5.74) is 1.50. The molecule has 4 rings (SSSR count). The maximum atomic E-state index is 12.5. The number of nitrogens with one attached hydrogen (secondary N) is 3. The Hall–Kier alpha value is -2.33. The average molecular weight is 521 g/mol. The first-order valence-electron chi connectivity index (χ1n) is 11.0. The first-order chi connectivity index (χ1) is 15.3. The lowest BCUT2D eigenvalue weighted by Gasteiger charge is -2.34. The van der Waals surface area contributed by atoms with Crippen LogP contribution in [0.25, 0.3) is 10.9 Å². The minimum atomic E-state index is -4.51. The molecule has 34 heavy (non-hydrogen) atoms. The van der Waals surface area contributed by atoms with E-state index in [1.54, 1.807) is 6.07 Å². The number of hydrogen-bond donors (Lipinski definition) is 3. The smallest absolute Gasteiger partial charge is 0.369 e. The van der Waals surface area contributed by atoms with Crippen LogP contribution in [0.4, 0.5) is 19.0 Å². The number of amidine groups is 1. The summed E-state index contributed by atoms with van der Waals surface area (Å²) in [5, 5.41) is 9.63. The van der Waals surface area contributed by atoms with E-state index in [0.717, 1.165) is 61.9 Å². The number of hydrogen-bond acceptors (Lipinski definition) is 6. The van der Waals surface area contributed by atoms with Gasteiger partial charge in [0.25, 0.3) is 5.91 Å². The van der Waals surface area contributed by atoms with Crippen molar-refractivity contribution < 1.29 is 18.0 Å². The second kappa shape index (κ2) is 11.9. The molecule has 1 aromatic carbocycles. The fourth-order valence-electron chi connectivity index (χ4n) is 4.24. The number of carbonyl (C=O) groups is 1. The summed E-state index contributed by atoms with van der Waals surface area (Å²) in [5.74, 6) is 0.252. The van der Waals surface area contributed by atoms with E-state index in [0.29, 0.717) is 11.3 Å². The van der Waals surface area contributed by atoms with Gasteiger partial charge in [-0.3, -0.25) is 9.79 Å². The lowest BCUT2D eigenvalue weighted by molar-refractivity contribution is -0.123. The van der Waals surface area contributed by atoms with Gasteiger partial charge in [-0.15, -0.1) is 24.8 Å². The Morgan fingerprint density at radius 3 is 2.41 bits per heavy atom. The number of aliphatic imine (C=N–C) groups is 1. The molecule has 1 fully saturated rings. The maximum absolute atomic E-state index is 12.5. The van der Waals surface area contributed by atoms with Gasteiger partial charge in [0.15, 0.2) is 0 Å². The molecule has 188 valence electrons. The monoisotopic (exact) mass is 520 g/mol. The minimum Gasteiger partial charge on any atom is -0.369 e. The zero-order valence-electron chi connectivity index (χ0n) is 18.7. The average Bonchev–Trinajstić information content (AvgIpc) is 3.26. The number of benzene rings is 1. The molecule has 0 radical (unpaired) electrons. The summed E-state index contributed by atoms with van der Waals surface area (Å²) in [6.45, 7) is 1.36. The minimum absolute atomic E-state index is 0. The zero-order valence-corrected chi connectivity index (χ0v) is 20.4. The van der Waals surface area contributed by atoms with Crippen LogP contribution >= 0.6 is 24.8 Å². The highest BCUT2D eigenvalue weighted by molar-refractivity contribution is 5.96. The van der Waals surface area contributed by atoms with Gasteiger partial charge in [-0.2, -0.15) is 13.2 Å². The molecule has 0 saturated heterocycles. The fourth-order valence-corrected chi connectivity index (χ4v) is 4.24. The van der Waals surface area contributed by atoms with Gasteiger partial charge in [-0.25, -0.2) is 9.97 Å². The lowest BCUT2D eigenvalue weighted by Crippen LogP contribution is -2.48. The number of nitrogens with zero attached hydrogens (tertiary/aromatic N) is 3. The molecule has 2 atom stereocenters. The van der Waals surface area contributed by atoms with Crippen molar-refractivity contribution in [1.82, 2.24) is 20.6 Å².